The van der Waals surface area contributed by atoms with Gasteiger partial charge in [0.15, 0.2) is 0 Å². The van der Waals surface area contributed by atoms with Crippen LogP contribution in [0.25, 0.3) is 0 Å². The van der Waals surface area contributed by atoms with E-state index in [1.165, 1.54) is 0 Å². The predicted molar refractivity (Wildman–Crippen MR) is 60.7 cm³/mol. The molecule has 2 aromatic rings. The largest absolute Gasteiger partial charge is 0.386 e. The SMILES string of the molecule is [O]C(=O)c1ccccc1Cc1ccccc1. The van der Waals surface area contributed by atoms with Gasteiger partial charge in [0.2, 0.25) is 0 Å². The molecule has 0 aliphatic heterocycles. The molecule has 0 unspecified atom stereocenters. The third kappa shape index (κ3) is 2.28. The van der Waals surface area contributed by atoms with Gasteiger partial charge in [-0.05, 0) is 23.6 Å². The summed E-state index contributed by atoms with van der Waals surface area (Å²) in [4.78, 5) is 10.9. The van der Waals surface area contributed by atoms with E-state index in [2.05, 4.69) is 0 Å². The van der Waals surface area contributed by atoms with Crippen LogP contribution in [0.1, 0.15) is 21.5 Å². The molecule has 79 valence electrons. The summed E-state index contributed by atoms with van der Waals surface area (Å²) in [5.41, 5.74) is 2.15. The predicted octanol–water partition coefficient (Wildman–Crippen LogP) is 2.85. The quantitative estimate of drug-likeness (QED) is 0.769. The maximum Gasteiger partial charge on any atom is 0.386 e. The number of carbonyl (C=O) groups excluding carboxylic acids is 1. The molecule has 0 saturated carbocycles. The summed E-state index contributed by atoms with van der Waals surface area (Å²) in [7, 11) is 0. The first-order valence-corrected chi connectivity index (χ1v) is 5.10. The minimum Gasteiger partial charge on any atom is -0.241 e. The molecule has 0 aromatic heterocycles. The third-order valence-corrected chi connectivity index (χ3v) is 2.47. The highest BCUT2D eigenvalue weighted by Crippen LogP contribution is 2.14. The molecular formula is C14H11O2. The van der Waals surface area contributed by atoms with E-state index in [-0.39, 0.29) is 5.56 Å². The summed E-state index contributed by atoms with van der Waals surface area (Å²) >= 11 is 0. The van der Waals surface area contributed by atoms with Crippen LogP contribution in [0.3, 0.4) is 0 Å². The van der Waals surface area contributed by atoms with Crippen molar-refractivity contribution >= 4 is 5.97 Å². The Kier molecular flexibility index (Phi) is 3.01. The Hall–Kier alpha value is -2.09. The van der Waals surface area contributed by atoms with E-state index in [1.807, 2.05) is 42.5 Å². The second-order valence-electron chi connectivity index (χ2n) is 3.61. The first-order chi connectivity index (χ1) is 7.77. The molecule has 0 aliphatic carbocycles. The van der Waals surface area contributed by atoms with Crippen molar-refractivity contribution < 1.29 is 9.90 Å². The second-order valence-corrected chi connectivity index (χ2v) is 3.61. The zero-order valence-corrected chi connectivity index (χ0v) is 8.72. The molecule has 0 spiro atoms. The van der Waals surface area contributed by atoms with E-state index >= 15 is 0 Å². The lowest BCUT2D eigenvalue weighted by Gasteiger charge is -2.04. The maximum atomic E-state index is 10.9. The highest BCUT2D eigenvalue weighted by molar-refractivity contribution is 5.89. The Morgan fingerprint density at radius 3 is 2.19 bits per heavy atom. The van der Waals surface area contributed by atoms with Crippen molar-refractivity contribution in [1.82, 2.24) is 0 Å². The van der Waals surface area contributed by atoms with Crippen molar-refractivity contribution in [2.24, 2.45) is 0 Å². The molecule has 2 nitrogen and oxygen atoms in total. The lowest BCUT2D eigenvalue weighted by molar-refractivity contribution is 0.0572. The average Bonchev–Trinajstić information content (AvgIpc) is 2.31. The van der Waals surface area contributed by atoms with Gasteiger partial charge in [0.1, 0.15) is 0 Å². The van der Waals surface area contributed by atoms with E-state index < -0.39 is 5.97 Å². The van der Waals surface area contributed by atoms with Crippen molar-refractivity contribution in [1.29, 1.82) is 0 Å². The van der Waals surface area contributed by atoms with E-state index in [0.717, 1.165) is 11.1 Å². The molecule has 1 radical (unpaired) electrons. The Morgan fingerprint density at radius 1 is 0.875 bits per heavy atom. The average molecular weight is 211 g/mol. The number of benzene rings is 2. The van der Waals surface area contributed by atoms with Crippen LogP contribution >= 0.6 is 0 Å². The van der Waals surface area contributed by atoms with Crippen molar-refractivity contribution in [2.75, 3.05) is 0 Å². The lowest BCUT2D eigenvalue weighted by Crippen LogP contribution is -2.01. The van der Waals surface area contributed by atoms with Crippen LogP contribution in [0.2, 0.25) is 0 Å². The molecule has 0 amide bonds. The van der Waals surface area contributed by atoms with E-state index in [1.54, 1.807) is 12.1 Å². The van der Waals surface area contributed by atoms with Gasteiger partial charge in [0.25, 0.3) is 0 Å². The zero-order chi connectivity index (χ0) is 11.4. The molecule has 0 N–H and O–H groups in total. The van der Waals surface area contributed by atoms with Crippen molar-refractivity contribution in [2.45, 2.75) is 6.42 Å². The van der Waals surface area contributed by atoms with Gasteiger partial charge in [0.05, 0.1) is 5.56 Å². The minimum atomic E-state index is -1.12. The van der Waals surface area contributed by atoms with Crippen LogP contribution < -0.4 is 0 Å². The van der Waals surface area contributed by atoms with Gasteiger partial charge in [-0.2, -0.15) is 0 Å². The first-order valence-electron chi connectivity index (χ1n) is 5.10. The van der Waals surface area contributed by atoms with Gasteiger partial charge >= 0.3 is 5.97 Å². The van der Waals surface area contributed by atoms with Gasteiger partial charge in [-0.3, -0.25) is 0 Å². The molecule has 0 aliphatic rings. The summed E-state index contributed by atoms with van der Waals surface area (Å²) in [5.74, 6) is -1.12. The Morgan fingerprint density at radius 2 is 1.50 bits per heavy atom. The fraction of sp³-hybridized carbons (Fsp3) is 0.0714. The van der Waals surface area contributed by atoms with Crippen LogP contribution in [-0.4, -0.2) is 5.97 Å². The number of hydrogen-bond donors (Lipinski definition) is 0. The van der Waals surface area contributed by atoms with Crippen LogP contribution in [0.4, 0.5) is 0 Å². The zero-order valence-electron chi connectivity index (χ0n) is 8.72. The van der Waals surface area contributed by atoms with Crippen LogP contribution in [-0.2, 0) is 11.5 Å². The molecule has 0 heterocycles. The lowest BCUT2D eigenvalue weighted by atomic mass is 10.00. The number of carbonyl (C=O) groups is 1. The van der Waals surface area contributed by atoms with E-state index in [4.69, 9.17) is 0 Å². The van der Waals surface area contributed by atoms with Crippen LogP contribution in [0, 0.1) is 0 Å². The molecule has 2 aromatic carbocycles. The second kappa shape index (κ2) is 4.62. The monoisotopic (exact) mass is 211 g/mol. The summed E-state index contributed by atoms with van der Waals surface area (Å²) in [6.07, 6.45) is 0.616. The standard InChI is InChI=1S/C14H11O2/c15-14(16)13-9-5-4-8-12(13)10-11-6-2-1-3-7-11/h1-9H,10H2. The summed E-state index contributed by atoms with van der Waals surface area (Å²) in [5, 5.41) is 10.9. The molecule has 16 heavy (non-hydrogen) atoms. The van der Waals surface area contributed by atoms with Gasteiger partial charge in [-0.25, -0.2) is 9.90 Å². The molecule has 2 rings (SSSR count). The van der Waals surface area contributed by atoms with E-state index in [9.17, 15) is 9.90 Å². The third-order valence-electron chi connectivity index (χ3n) is 2.47. The van der Waals surface area contributed by atoms with Crippen molar-refractivity contribution in [3.05, 3.63) is 71.3 Å². The number of rotatable bonds is 3. The molecule has 0 bridgehead atoms. The molecule has 0 fully saturated rings. The Labute approximate surface area is 94.2 Å². The van der Waals surface area contributed by atoms with Gasteiger partial charge in [0, 0.05) is 0 Å². The van der Waals surface area contributed by atoms with E-state index in [0.29, 0.717) is 6.42 Å². The number of hydrogen-bond acceptors (Lipinski definition) is 1. The van der Waals surface area contributed by atoms with Crippen LogP contribution in [0.15, 0.2) is 54.6 Å². The fourth-order valence-electron chi connectivity index (χ4n) is 1.69. The Bertz CT molecular complexity index is 489. The first kappa shape index (κ1) is 10.4. The molecule has 0 saturated heterocycles. The highest BCUT2D eigenvalue weighted by atomic mass is 16.4. The van der Waals surface area contributed by atoms with Gasteiger partial charge < -0.3 is 0 Å². The Balaban J connectivity index is 2.31. The fourth-order valence-corrected chi connectivity index (χ4v) is 1.69. The summed E-state index contributed by atoms with van der Waals surface area (Å²) in [6.45, 7) is 0. The molecule has 2 heteroatoms. The topological polar surface area (TPSA) is 37.0 Å². The molecule has 0 atom stereocenters. The van der Waals surface area contributed by atoms with Gasteiger partial charge in [-0.1, -0.05) is 48.5 Å². The minimum absolute atomic E-state index is 0.270. The summed E-state index contributed by atoms with van der Waals surface area (Å²) in [6, 6.07) is 16.7. The smallest absolute Gasteiger partial charge is 0.241 e. The van der Waals surface area contributed by atoms with Crippen molar-refractivity contribution in [3.63, 3.8) is 0 Å². The molecular weight excluding hydrogens is 200 g/mol. The normalized spacial score (nSPS) is 10.0. The van der Waals surface area contributed by atoms with Gasteiger partial charge in [-0.15, -0.1) is 0 Å². The van der Waals surface area contributed by atoms with Crippen molar-refractivity contribution in [3.8, 4) is 0 Å². The maximum absolute atomic E-state index is 10.9. The van der Waals surface area contributed by atoms with Crippen LogP contribution in [0.5, 0.6) is 0 Å². The highest BCUT2D eigenvalue weighted by Gasteiger charge is 2.10. The summed E-state index contributed by atoms with van der Waals surface area (Å²) < 4.78 is 0.